The Morgan fingerprint density at radius 1 is 0.765 bits per heavy atom. The molecule has 2 N–H and O–H groups in total. The minimum Gasteiger partial charge on any atom is -0.468 e. The molecule has 4 unspecified atom stereocenters. The Morgan fingerprint density at radius 2 is 1.50 bits per heavy atom. The smallest absolute Gasteiger partial charge is 0.223 e. The van der Waals surface area contributed by atoms with Crippen molar-refractivity contribution >= 4 is 5.95 Å². The first-order valence-corrected chi connectivity index (χ1v) is 11.6. The second-order valence-corrected chi connectivity index (χ2v) is 8.62. The Balaban J connectivity index is 1.11. The van der Waals surface area contributed by atoms with Gasteiger partial charge in [0, 0.05) is 11.8 Å². The molecule has 172 valence electrons. The summed E-state index contributed by atoms with van der Waals surface area (Å²) in [6, 6.07) is 24.7. The number of rotatable bonds is 7. The van der Waals surface area contributed by atoms with E-state index in [-0.39, 0.29) is 24.3 Å². The third kappa shape index (κ3) is 4.33. The molecule has 2 saturated heterocycles. The van der Waals surface area contributed by atoms with E-state index in [0.717, 1.165) is 17.0 Å². The summed E-state index contributed by atoms with van der Waals surface area (Å²) in [5.74, 6) is 1.48. The summed E-state index contributed by atoms with van der Waals surface area (Å²) in [5, 5.41) is 6.92. The van der Waals surface area contributed by atoms with Gasteiger partial charge >= 0.3 is 0 Å². The molecule has 7 heteroatoms. The van der Waals surface area contributed by atoms with Crippen LogP contribution < -0.4 is 10.6 Å². The topological polar surface area (TPSA) is 81.4 Å². The zero-order chi connectivity index (χ0) is 22.7. The molecule has 0 radical (unpaired) electrons. The van der Waals surface area contributed by atoms with Crippen LogP contribution in [0.15, 0.2) is 89.7 Å². The minimum absolute atomic E-state index is 0.00359. The molecular weight excluding hydrogens is 428 g/mol. The largest absolute Gasteiger partial charge is 0.468 e. The van der Waals surface area contributed by atoms with E-state index in [9.17, 15) is 0 Å². The van der Waals surface area contributed by atoms with Crippen molar-refractivity contribution in [1.29, 1.82) is 0 Å². The lowest BCUT2D eigenvalue weighted by atomic mass is 10.0. The quantitative estimate of drug-likeness (QED) is 0.434. The lowest BCUT2D eigenvalue weighted by Gasteiger charge is -2.18. The molecule has 34 heavy (non-hydrogen) atoms. The van der Waals surface area contributed by atoms with Crippen molar-refractivity contribution in [3.8, 4) is 22.4 Å². The summed E-state index contributed by atoms with van der Waals surface area (Å²) in [4.78, 5) is 9.19. The van der Waals surface area contributed by atoms with Crippen molar-refractivity contribution < 1.29 is 13.9 Å². The van der Waals surface area contributed by atoms with Crippen LogP contribution >= 0.6 is 0 Å². The van der Waals surface area contributed by atoms with Crippen molar-refractivity contribution in [2.45, 2.75) is 30.8 Å². The average molecular weight is 455 g/mol. The minimum atomic E-state index is -0.0495. The van der Waals surface area contributed by atoms with Gasteiger partial charge < -0.3 is 24.5 Å². The number of nitrogens with one attached hydrogen (secondary N) is 2. The molecule has 2 fully saturated rings. The van der Waals surface area contributed by atoms with Gasteiger partial charge in [0.25, 0.3) is 0 Å². The molecule has 4 aromatic rings. The number of nitrogens with zero attached hydrogens (tertiary/aromatic N) is 2. The van der Waals surface area contributed by atoms with Crippen molar-refractivity contribution in [1.82, 2.24) is 15.3 Å². The van der Waals surface area contributed by atoms with Crippen molar-refractivity contribution in [3.05, 3.63) is 91.0 Å². The highest BCUT2D eigenvalue weighted by Crippen LogP contribution is 2.29. The van der Waals surface area contributed by atoms with Crippen LogP contribution in [0, 0.1) is 0 Å². The Kier molecular flexibility index (Phi) is 5.81. The zero-order valence-electron chi connectivity index (χ0n) is 18.6. The molecule has 0 saturated carbocycles. The van der Waals surface area contributed by atoms with Gasteiger partial charge in [-0.1, -0.05) is 54.6 Å². The Morgan fingerprint density at radius 3 is 2.29 bits per heavy atom. The normalized spacial score (nSPS) is 23.6. The average Bonchev–Trinajstić information content (AvgIpc) is 3.64. The van der Waals surface area contributed by atoms with Gasteiger partial charge in [0.1, 0.15) is 18.0 Å². The fourth-order valence-electron chi connectivity index (χ4n) is 4.66. The first kappa shape index (κ1) is 21.0. The predicted molar refractivity (Wildman–Crippen MR) is 129 cm³/mol. The molecule has 0 bridgehead atoms. The van der Waals surface area contributed by atoms with Gasteiger partial charge in [-0.05, 0) is 29.3 Å². The van der Waals surface area contributed by atoms with Gasteiger partial charge in [0.05, 0.1) is 43.8 Å². The molecule has 0 amide bonds. The predicted octanol–water partition coefficient (Wildman–Crippen LogP) is 4.14. The van der Waals surface area contributed by atoms with Crippen molar-refractivity contribution in [3.63, 3.8) is 0 Å². The van der Waals surface area contributed by atoms with Gasteiger partial charge in [0.2, 0.25) is 5.95 Å². The molecule has 0 spiro atoms. The van der Waals surface area contributed by atoms with E-state index in [0.29, 0.717) is 25.7 Å². The first-order chi connectivity index (χ1) is 16.8. The molecule has 7 nitrogen and oxygen atoms in total. The molecular formula is C27H26N4O3. The second kappa shape index (κ2) is 9.38. The molecule has 4 heterocycles. The van der Waals surface area contributed by atoms with E-state index < -0.39 is 0 Å². The van der Waals surface area contributed by atoms with Gasteiger partial charge in [-0.3, -0.25) is 0 Å². The van der Waals surface area contributed by atoms with Crippen LogP contribution in [0.1, 0.15) is 5.76 Å². The summed E-state index contributed by atoms with van der Waals surface area (Å²) in [6.07, 6.45) is 3.40. The summed E-state index contributed by atoms with van der Waals surface area (Å²) >= 11 is 0. The van der Waals surface area contributed by atoms with E-state index in [4.69, 9.17) is 18.9 Å². The maximum absolute atomic E-state index is 6.08. The van der Waals surface area contributed by atoms with Crippen LogP contribution in [-0.4, -0.2) is 47.5 Å². The maximum Gasteiger partial charge on any atom is 0.223 e. The zero-order valence-corrected chi connectivity index (χ0v) is 18.6. The van der Waals surface area contributed by atoms with Crippen LogP contribution in [0.2, 0.25) is 0 Å². The molecule has 6 rings (SSSR count). The number of aromatic nitrogens is 2. The Hall–Kier alpha value is -3.52. The van der Waals surface area contributed by atoms with Gasteiger partial charge in [-0.15, -0.1) is 0 Å². The van der Waals surface area contributed by atoms with E-state index in [1.54, 1.807) is 12.5 Å². The molecule has 2 aromatic heterocycles. The van der Waals surface area contributed by atoms with Crippen LogP contribution in [0.5, 0.6) is 0 Å². The highest BCUT2D eigenvalue weighted by molar-refractivity contribution is 5.69. The van der Waals surface area contributed by atoms with E-state index in [2.05, 4.69) is 52.0 Å². The third-order valence-electron chi connectivity index (χ3n) is 6.43. The number of fused-ring (bicyclic) bond motifs is 1. The van der Waals surface area contributed by atoms with E-state index in [1.165, 1.54) is 11.1 Å². The second-order valence-electron chi connectivity index (χ2n) is 8.62. The van der Waals surface area contributed by atoms with E-state index >= 15 is 0 Å². The number of benzene rings is 2. The number of hydrogen-bond acceptors (Lipinski definition) is 7. The number of anilines is 1. The standard InChI is InChI=1S/C27H26N4O3/c1-2-5-18(6-3-1)19-8-10-20(11-9-19)22-12-13-28-27(30-22)31-24-17-34-25-23(16-33-26(24)25)29-15-21-7-4-14-32-21/h1-14,23-26,29H,15-17H2,(H,28,30,31). The van der Waals surface area contributed by atoms with Gasteiger partial charge in [-0.25, -0.2) is 9.97 Å². The van der Waals surface area contributed by atoms with Crippen LogP contribution in [0.25, 0.3) is 22.4 Å². The lowest BCUT2D eigenvalue weighted by Crippen LogP contribution is -2.41. The molecule has 0 aliphatic carbocycles. The SMILES string of the molecule is c1ccc(-c2ccc(-c3ccnc(NC4COC5C(NCc6ccco6)COC45)n3)cc2)cc1. The number of furan rings is 1. The Bertz CT molecular complexity index is 1210. The monoisotopic (exact) mass is 454 g/mol. The molecule has 2 aliphatic heterocycles. The summed E-state index contributed by atoms with van der Waals surface area (Å²) in [7, 11) is 0. The molecule has 2 aliphatic rings. The summed E-state index contributed by atoms with van der Waals surface area (Å²) in [5.41, 5.74) is 4.30. The fourth-order valence-corrected chi connectivity index (χ4v) is 4.66. The van der Waals surface area contributed by atoms with Crippen molar-refractivity contribution in [2.24, 2.45) is 0 Å². The lowest BCUT2D eigenvalue weighted by molar-refractivity contribution is 0.0673. The van der Waals surface area contributed by atoms with Crippen LogP contribution in [-0.2, 0) is 16.0 Å². The van der Waals surface area contributed by atoms with Gasteiger partial charge in [0.15, 0.2) is 0 Å². The first-order valence-electron chi connectivity index (χ1n) is 11.6. The number of hydrogen-bond donors (Lipinski definition) is 2. The highest BCUT2D eigenvalue weighted by Gasteiger charge is 2.47. The molecule has 2 aromatic carbocycles. The molecule has 4 atom stereocenters. The number of ether oxygens (including phenoxy) is 2. The highest BCUT2D eigenvalue weighted by atomic mass is 16.6. The Labute approximate surface area is 198 Å². The van der Waals surface area contributed by atoms with Crippen molar-refractivity contribution in [2.75, 3.05) is 18.5 Å². The van der Waals surface area contributed by atoms with E-state index in [1.807, 2.05) is 36.4 Å². The summed E-state index contributed by atoms with van der Waals surface area (Å²) < 4.78 is 17.6. The fraction of sp³-hybridized carbons (Fsp3) is 0.259. The third-order valence-corrected chi connectivity index (χ3v) is 6.43. The van der Waals surface area contributed by atoms with Crippen LogP contribution in [0.4, 0.5) is 5.95 Å². The summed E-state index contributed by atoms with van der Waals surface area (Å²) in [6.45, 7) is 1.80. The van der Waals surface area contributed by atoms with Crippen LogP contribution in [0.3, 0.4) is 0 Å². The van der Waals surface area contributed by atoms with Gasteiger partial charge in [-0.2, -0.15) is 0 Å². The maximum atomic E-state index is 6.08.